The molecule has 0 fully saturated rings. The van der Waals surface area contributed by atoms with Crippen LogP contribution >= 0.6 is 0 Å². The van der Waals surface area contributed by atoms with Gasteiger partial charge in [0.25, 0.3) is 5.56 Å². The molecule has 0 aliphatic heterocycles. The second-order valence-corrected chi connectivity index (χ2v) is 7.15. The summed E-state index contributed by atoms with van der Waals surface area (Å²) in [5, 5.41) is 0. The Labute approximate surface area is 143 Å². The topological polar surface area (TPSA) is 22.0 Å². The lowest BCUT2D eigenvalue weighted by Gasteiger charge is -2.19. The zero-order chi connectivity index (χ0) is 17.2. The van der Waals surface area contributed by atoms with Crippen LogP contribution in [0.4, 0.5) is 0 Å². The third kappa shape index (κ3) is 3.48. The molecular formula is C22H23NO. The smallest absolute Gasteiger partial charge is 0.251 e. The Hall–Kier alpha value is -2.61. The summed E-state index contributed by atoms with van der Waals surface area (Å²) in [5.41, 5.74) is 4.60. The molecule has 0 N–H and O–H groups in total. The average Bonchev–Trinajstić information content (AvgIpc) is 2.57. The molecule has 24 heavy (non-hydrogen) atoms. The van der Waals surface area contributed by atoms with Crippen LogP contribution in [-0.4, -0.2) is 4.57 Å². The van der Waals surface area contributed by atoms with Gasteiger partial charge in [-0.15, -0.1) is 0 Å². The molecule has 122 valence electrons. The molecule has 0 aliphatic rings. The molecule has 0 aliphatic carbocycles. The van der Waals surface area contributed by atoms with Gasteiger partial charge in [-0.2, -0.15) is 0 Å². The quantitative estimate of drug-likeness (QED) is 0.676. The minimum absolute atomic E-state index is 0.0243. The van der Waals surface area contributed by atoms with Crippen LogP contribution in [0.3, 0.4) is 0 Å². The fourth-order valence-corrected chi connectivity index (χ4v) is 2.84. The van der Waals surface area contributed by atoms with E-state index in [0.29, 0.717) is 6.54 Å². The first kappa shape index (κ1) is 16.3. The van der Waals surface area contributed by atoms with Gasteiger partial charge < -0.3 is 4.57 Å². The number of hydrogen-bond donors (Lipinski definition) is 0. The Morgan fingerprint density at radius 3 is 2.08 bits per heavy atom. The highest BCUT2D eigenvalue weighted by Crippen LogP contribution is 2.23. The minimum atomic E-state index is 0.0243. The monoisotopic (exact) mass is 317 g/mol. The highest BCUT2D eigenvalue weighted by atomic mass is 16.1. The Balaban J connectivity index is 1.97. The zero-order valence-corrected chi connectivity index (χ0v) is 14.5. The number of hydrogen-bond acceptors (Lipinski definition) is 1. The third-order valence-corrected chi connectivity index (χ3v) is 4.28. The minimum Gasteiger partial charge on any atom is -0.304 e. The first-order valence-electron chi connectivity index (χ1n) is 8.30. The van der Waals surface area contributed by atoms with E-state index in [2.05, 4.69) is 45.0 Å². The Morgan fingerprint density at radius 1 is 0.792 bits per heavy atom. The van der Waals surface area contributed by atoms with E-state index in [4.69, 9.17) is 0 Å². The van der Waals surface area contributed by atoms with Crippen LogP contribution in [0.1, 0.15) is 31.9 Å². The molecular weight excluding hydrogens is 294 g/mol. The molecule has 3 aromatic rings. The Bertz CT molecular complexity index is 868. The summed E-state index contributed by atoms with van der Waals surface area (Å²) in [6, 6.07) is 24.0. The number of nitrogens with zero attached hydrogens (tertiary/aromatic N) is 1. The van der Waals surface area contributed by atoms with Gasteiger partial charge in [-0.25, -0.2) is 0 Å². The molecule has 0 atom stereocenters. The van der Waals surface area contributed by atoms with E-state index in [1.807, 2.05) is 47.0 Å². The molecule has 2 heteroatoms. The molecule has 0 amide bonds. The van der Waals surface area contributed by atoms with Crippen LogP contribution < -0.4 is 5.56 Å². The van der Waals surface area contributed by atoms with Crippen LogP contribution in [0.5, 0.6) is 0 Å². The molecule has 0 unspecified atom stereocenters. The summed E-state index contributed by atoms with van der Waals surface area (Å²) in [5.74, 6) is 0. The van der Waals surface area contributed by atoms with E-state index in [1.165, 1.54) is 5.56 Å². The van der Waals surface area contributed by atoms with Crippen molar-refractivity contribution in [2.75, 3.05) is 0 Å². The van der Waals surface area contributed by atoms with Crippen LogP contribution in [-0.2, 0) is 12.0 Å². The van der Waals surface area contributed by atoms with Crippen molar-refractivity contribution in [3.05, 3.63) is 94.3 Å². The van der Waals surface area contributed by atoms with Crippen LogP contribution in [0.25, 0.3) is 11.3 Å². The van der Waals surface area contributed by atoms with Crippen molar-refractivity contribution in [1.29, 1.82) is 0 Å². The highest BCUT2D eigenvalue weighted by molar-refractivity contribution is 5.59. The normalized spacial score (nSPS) is 11.5. The summed E-state index contributed by atoms with van der Waals surface area (Å²) in [6.45, 7) is 7.19. The molecule has 0 radical (unpaired) electrons. The molecule has 2 aromatic carbocycles. The second kappa shape index (κ2) is 6.48. The Kier molecular flexibility index (Phi) is 4.39. The van der Waals surface area contributed by atoms with Gasteiger partial charge in [-0.1, -0.05) is 81.4 Å². The van der Waals surface area contributed by atoms with Crippen molar-refractivity contribution < 1.29 is 0 Å². The van der Waals surface area contributed by atoms with Crippen molar-refractivity contribution in [1.82, 2.24) is 4.57 Å². The maximum atomic E-state index is 12.4. The molecule has 1 aromatic heterocycles. The largest absolute Gasteiger partial charge is 0.304 e. The average molecular weight is 317 g/mol. The maximum Gasteiger partial charge on any atom is 0.251 e. The first-order chi connectivity index (χ1) is 11.4. The molecule has 1 heterocycles. The van der Waals surface area contributed by atoms with Crippen molar-refractivity contribution in [3.8, 4) is 11.3 Å². The number of benzene rings is 2. The molecule has 0 saturated carbocycles. The van der Waals surface area contributed by atoms with Gasteiger partial charge in [0.05, 0.1) is 12.2 Å². The van der Waals surface area contributed by atoms with Crippen molar-refractivity contribution in [2.24, 2.45) is 0 Å². The summed E-state index contributed by atoms with van der Waals surface area (Å²) >= 11 is 0. The lowest BCUT2D eigenvalue weighted by atomic mass is 9.87. The SMILES string of the molecule is CC(C)(C)c1ccc(Cn2c(-c3ccccc3)cccc2=O)cc1. The van der Waals surface area contributed by atoms with Gasteiger partial charge >= 0.3 is 0 Å². The van der Waals surface area contributed by atoms with E-state index in [-0.39, 0.29) is 11.0 Å². The number of rotatable bonds is 3. The van der Waals surface area contributed by atoms with Gasteiger partial charge in [-0.05, 0) is 28.2 Å². The maximum absolute atomic E-state index is 12.4. The first-order valence-corrected chi connectivity index (χ1v) is 8.30. The van der Waals surface area contributed by atoms with Crippen molar-refractivity contribution >= 4 is 0 Å². The lowest BCUT2D eigenvalue weighted by Crippen LogP contribution is -2.21. The van der Waals surface area contributed by atoms with Gasteiger partial charge in [0.15, 0.2) is 0 Å². The van der Waals surface area contributed by atoms with Crippen LogP contribution in [0, 0.1) is 0 Å². The summed E-state index contributed by atoms with van der Waals surface area (Å²) in [4.78, 5) is 12.4. The summed E-state index contributed by atoms with van der Waals surface area (Å²) in [6.07, 6.45) is 0. The van der Waals surface area contributed by atoms with Gasteiger partial charge in [0.1, 0.15) is 0 Å². The number of pyridine rings is 1. The van der Waals surface area contributed by atoms with Crippen LogP contribution in [0.2, 0.25) is 0 Å². The molecule has 0 bridgehead atoms. The predicted molar refractivity (Wildman–Crippen MR) is 100 cm³/mol. The standard InChI is InChI=1S/C22H23NO/c1-22(2,3)19-14-12-17(13-15-19)16-23-20(10-7-11-21(23)24)18-8-5-4-6-9-18/h4-15H,16H2,1-3H3. The van der Waals surface area contributed by atoms with Gasteiger partial charge in [0.2, 0.25) is 0 Å². The summed E-state index contributed by atoms with van der Waals surface area (Å²) < 4.78 is 1.83. The molecule has 0 spiro atoms. The summed E-state index contributed by atoms with van der Waals surface area (Å²) in [7, 11) is 0. The van der Waals surface area contributed by atoms with E-state index >= 15 is 0 Å². The van der Waals surface area contributed by atoms with Gasteiger partial charge in [-0.3, -0.25) is 4.79 Å². The van der Waals surface area contributed by atoms with Crippen LogP contribution in [0.15, 0.2) is 77.6 Å². The lowest BCUT2D eigenvalue weighted by molar-refractivity contribution is 0.589. The second-order valence-electron chi connectivity index (χ2n) is 7.15. The predicted octanol–water partition coefficient (Wildman–Crippen LogP) is 4.86. The fourth-order valence-electron chi connectivity index (χ4n) is 2.84. The van der Waals surface area contributed by atoms with E-state index < -0.39 is 0 Å². The van der Waals surface area contributed by atoms with E-state index in [1.54, 1.807) is 6.07 Å². The fraction of sp³-hybridized carbons (Fsp3) is 0.227. The van der Waals surface area contributed by atoms with E-state index in [0.717, 1.165) is 16.8 Å². The molecule has 3 rings (SSSR count). The van der Waals surface area contributed by atoms with Crippen molar-refractivity contribution in [3.63, 3.8) is 0 Å². The third-order valence-electron chi connectivity index (χ3n) is 4.28. The van der Waals surface area contributed by atoms with Gasteiger partial charge in [0, 0.05) is 6.07 Å². The van der Waals surface area contributed by atoms with Crippen molar-refractivity contribution in [2.45, 2.75) is 32.7 Å². The molecule has 0 saturated heterocycles. The Morgan fingerprint density at radius 2 is 1.46 bits per heavy atom. The highest BCUT2D eigenvalue weighted by Gasteiger charge is 2.13. The molecule has 2 nitrogen and oxygen atoms in total. The zero-order valence-electron chi connectivity index (χ0n) is 14.5. The van der Waals surface area contributed by atoms with E-state index in [9.17, 15) is 4.79 Å². The number of aromatic nitrogens is 1.